The molecule has 1 N–H and O–H groups in total. The monoisotopic (exact) mass is 192 g/mol. The van der Waals surface area contributed by atoms with Crippen molar-refractivity contribution in [2.24, 2.45) is 0 Å². The molecule has 0 aliphatic carbocycles. The topological polar surface area (TPSA) is 34.2 Å². The second-order valence-electron chi connectivity index (χ2n) is 4.35. The first-order chi connectivity index (χ1) is 6.66. The Morgan fingerprint density at radius 2 is 2.14 bits per heavy atom. The van der Waals surface area contributed by atoms with Crippen molar-refractivity contribution in [2.45, 2.75) is 31.9 Å². The van der Waals surface area contributed by atoms with E-state index in [0.29, 0.717) is 6.04 Å². The van der Waals surface area contributed by atoms with Gasteiger partial charge in [0.2, 0.25) is 0 Å². The van der Waals surface area contributed by atoms with E-state index in [-0.39, 0.29) is 5.60 Å². The number of rotatable bonds is 2. The van der Waals surface area contributed by atoms with Crippen molar-refractivity contribution in [3.63, 3.8) is 0 Å². The number of nitrogens with zero attached hydrogens (tertiary/aromatic N) is 1. The van der Waals surface area contributed by atoms with E-state index in [1.54, 1.807) is 12.4 Å². The van der Waals surface area contributed by atoms with Gasteiger partial charge in [0.1, 0.15) is 0 Å². The van der Waals surface area contributed by atoms with Gasteiger partial charge in [0, 0.05) is 18.1 Å². The Hall–Kier alpha value is -1.09. The fourth-order valence-corrected chi connectivity index (χ4v) is 1.81. The molecule has 1 fully saturated rings. The number of hydrogen-bond acceptors (Lipinski definition) is 3. The molecule has 0 aromatic carbocycles. The number of ether oxygens (including phenoxy) is 1. The predicted octanol–water partition coefficient (Wildman–Crippen LogP) is 2.06. The summed E-state index contributed by atoms with van der Waals surface area (Å²) < 4.78 is 5.65. The first-order valence-electron chi connectivity index (χ1n) is 4.96. The van der Waals surface area contributed by atoms with Crippen LogP contribution in [0.5, 0.6) is 0 Å². The van der Waals surface area contributed by atoms with E-state index in [1.807, 2.05) is 12.1 Å². The van der Waals surface area contributed by atoms with Crippen molar-refractivity contribution in [1.82, 2.24) is 4.98 Å². The number of hydrogen-bond donors (Lipinski definition) is 1. The summed E-state index contributed by atoms with van der Waals surface area (Å²) in [5.74, 6) is 0. The highest BCUT2D eigenvalue weighted by atomic mass is 16.5. The first-order valence-corrected chi connectivity index (χ1v) is 4.96. The maximum atomic E-state index is 5.65. The Balaban J connectivity index is 1.94. The van der Waals surface area contributed by atoms with Crippen LogP contribution in [-0.4, -0.2) is 23.2 Å². The lowest BCUT2D eigenvalue weighted by atomic mass is 10.0. The van der Waals surface area contributed by atoms with Crippen LogP contribution < -0.4 is 5.32 Å². The van der Waals surface area contributed by atoms with Crippen LogP contribution in [0.15, 0.2) is 24.5 Å². The van der Waals surface area contributed by atoms with E-state index in [2.05, 4.69) is 24.1 Å². The molecule has 1 aliphatic heterocycles. The van der Waals surface area contributed by atoms with Gasteiger partial charge in [0.25, 0.3) is 0 Å². The third-order valence-electron chi connectivity index (χ3n) is 2.46. The van der Waals surface area contributed by atoms with Gasteiger partial charge in [0.05, 0.1) is 18.2 Å². The van der Waals surface area contributed by atoms with Crippen molar-refractivity contribution in [1.29, 1.82) is 0 Å². The molecular weight excluding hydrogens is 176 g/mol. The summed E-state index contributed by atoms with van der Waals surface area (Å²) in [5, 5.41) is 3.43. The molecule has 0 saturated carbocycles. The lowest BCUT2D eigenvalue weighted by Gasteiger charge is -2.16. The molecule has 0 radical (unpaired) electrons. The standard InChI is InChI=1S/C11H16N2O/c1-11(2)7-10(8-14-11)13-9-3-5-12-6-4-9/h3-6,10H,7-8H2,1-2H3,(H,12,13). The Morgan fingerprint density at radius 1 is 1.43 bits per heavy atom. The van der Waals surface area contributed by atoms with Gasteiger partial charge in [-0.15, -0.1) is 0 Å². The smallest absolute Gasteiger partial charge is 0.0676 e. The lowest BCUT2D eigenvalue weighted by molar-refractivity contribution is 0.0363. The van der Waals surface area contributed by atoms with Gasteiger partial charge < -0.3 is 10.1 Å². The van der Waals surface area contributed by atoms with Gasteiger partial charge >= 0.3 is 0 Å². The van der Waals surface area contributed by atoms with Crippen LogP contribution in [0.4, 0.5) is 5.69 Å². The molecule has 2 rings (SSSR count). The molecule has 1 atom stereocenters. The van der Waals surface area contributed by atoms with Crippen molar-refractivity contribution in [2.75, 3.05) is 11.9 Å². The Kier molecular flexibility index (Phi) is 2.42. The van der Waals surface area contributed by atoms with Crippen molar-refractivity contribution >= 4 is 5.69 Å². The minimum atomic E-state index is 0.0185. The highest BCUT2D eigenvalue weighted by Gasteiger charge is 2.31. The Labute approximate surface area is 84.5 Å². The molecule has 1 aromatic rings. The van der Waals surface area contributed by atoms with E-state index in [0.717, 1.165) is 18.7 Å². The third kappa shape index (κ3) is 2.23. The SMILES string of the molecule is CC1(C)CC(Nc2ccncc2)CO1. The van der Waals surface area contributed by atoms with Crippen LogP contribution in [-0.2, 0) is 4.74 Å². The van der Waals surface area contributed by atoms with Crippen molar-refractivity contribution in [3.05, 3.63) is 24.5 Å². The summed E-state index contributed by atoms with van der Waals surface area (Å²) in [6.45, 7) is 5.04. The molecule has 3 heteroatoms. The molecule has 3 nitrogen and oxygen atoms in total. The van der Waals surface area contributed by atoms with Crippen LogP contribution in [0.25, 0.3) is 0 Å². The Morgan fingerprint density at radius 3 is 2.71 bits per heavy atom. The van der Waals surface area contributed by atoms with Crippen molar-refractivity contribution < 1.29 is 4.74 Å². The molecule has 0 bridgehead atoms. The summed E-state index contributed by atoms with van der Waals surface area (Å²) in [6.07, 6.45) is 4.64. The molecule has 1 aliphatic rings. The van der Waals surface area contributed by atoms with Crippen LogP contribution in [0.3, 0.4) is 0 Å². The largest absolute Gasteiger partial charge is 0.380 e. The quantitative estimate of drug-likeness (QED) is 0.778. The second-order valence-corrected chi connectivity index (χ2v) is 4.35. The minimum absolute atomic E-state index is 0.0185. The number of anilines is 1. The summed E-state index contributed by atoms with van der Waals surface area (Å²) in [6, 6.07) is 4.38. The average molecular weight is 192 g/mol. The molecule has 1 unspecified atom stereocenters. The lowest BCUT2D eigenvalue weighted by Crippen LogP contribution is -2.22. The fraction of sp³-hybridized carbons (Fsp3) is 0.545. The molecule has 14 heavy (non-hydrogen) atoms. The number of aromatic nitrogens is 1. The van der Waals surface area contributed by atoms with Crippen LogP contribution >= 0.6 is 0 Å². The van der Waals surface area contributed by atoms with Crippen molar-refractivity contribution in [3.8, 4) is 0 Å². The zero-order valence-electron chi connectivity index (χ0n) is 8.66. The molecule has 1 aromatic heterocycles. The molecule has 1 saturated heterocycles. The fourth-order valence-electron chi connectivity index (χ4n) is 1.81. The normalized spacial score (nSPS) is 24.9. The van der Waals surface area contributed by atoms with E-state index < -0.39 is 0 Å². The van der Waals surface area contributed by atoms with E-state index in [1.165, 1.54) is 0 Å². The molecule has 0 amide bonds. The van der Waals surface area contributed by atoms with Crippen LogP contribution in [0, 0.1) is 0 Å². The zero-order valence-corrected chi connectivity index (χ0v) is 8.66. The predicted molar refractivity (Wildman–Crippen MR) is 56.3 cm³/mol. The molecule has 0 spiro atoms. The van der Waals surface area contributed by atoms with Gasteiger partial charge in [-0.05, 0) is 32.4 Å². The summed E-state index contributed by atoms with van der Waals surface area (Å²) in [4.78, 5) is 3.98. The maximum Gasteiger partial charge on any atom is 0.0676 e. The molecule has 2 heterocycles. The van der Waals surface area contributed by atoms with Crippen LogP contribution in [0.2, 0.25) is 0 Å². The van der Waals surface area contributed by atoms with Gasteiger partial charge in [-0.1, -0.05) is 0 Å². The van der Waals surface area contributed by atoms with Gasteiger partial charge in [-0.3, -0.25) is 4.98 Å². The average Bonchev–Trinajstić information content (AvgIpc) is 2.47. The highest BCUT2D eigenvalue weighted by Crippen LogP contribution is 2.26. The number of nitrogens with one attached hydrogen (secondary N) is 1. The van der Waals surface area contributed by atoms with Gasteiger partial charge in [-0.2, -0.15) is 0 Å². The third-order valence-corrected chi connectivity index (χ3v) is 2.46. The van der Waals surface area contributed by atoms with E-state index in [4.69, 9.17) is 4.74 Å². The summed E-state index contributed by atoms with van der Waals surface area (Å²) >= 11 is 0. The van der Waals surface area contributed by atoms with E-state index >= 15 is 0 Å². The minimum Gasteiger partial charge on any atom is -0.380 e. The van der Waals surface area contributed by atoms with E-state index in [9.17, 15) is 0 Å². The molecular formula is C11H16N2O. The number of pyridine rings is 1. The van der Waals surface area contributed by atoms with Gasteiger partial charge in [0.15, 0.2) is 0 Å². The molecule has 76 valence electrons. The summed E-state index contributed by atoms with van der Waals surface area (Å²) in [5.41, 5.74) is 1.14. The first kappa shape index (κ1) is 9.46. The maximum absolute atomic E-state index is 5.65. The van der Waals surface area contributed by atoms with Gasteiger partial charge in [-0.25, -0.2) is 0 Å². The zero-order chi connectivity index (χ0) is 10.0. The summed E-state index contributed by atoms with van der Waals surface area (Å²) in [7, 11) is 0. The second kappa shape index (κ2) is 3.58. The van der Waals surface area contributed by atoms with Crippen LogP contribution in [0.1, 0.15) is 20.3 Å². The highest BCUT2D eigenvalue weighted by molar-refractivity contribution is 5.42. The Bertz CT molecular complexity index is 297.